The predicted molar refractivity (Wildman–Crippen MR) is 82.2 cm³/mol. The number of hydrogen-bond donors (Lipinski definition) is 2. The monoisotopic (exact) mass is 293 g/mol. The van der Waals surface area contributed by atoms with Crippen LogP contribution in [0.1, 0.15) is 49.9 Å². The lowest BCUT2D eigenvalue weighted by atomic mass is 9.94. The number of imidazole rings is 1. The summed E-state index contributed by atoms with van der Waals surface area (Å²) in [6.07, 6.45) is 8.76. The summed E-state index contributed by atoms with van der Waals surface area (Å²) >= 11 is 1.66. The molecule has 0 aromatic carbocycles. The van der Waals surface area contributed by atoms with Crippen LogP contribution in [-0.2, 0) is 6.54 Å². The molecule has 2 aromatic heterocycles. The molecule has 0 radical (unpaired) electrons. The molecule has 110 valence electrons. The van der Waals surface area contributed by atoms with Gasteiger partial charge in [0.25, 0.3) is 0 Å². The fourth-order valence-corrected chi connectivity index (χ4v) is 3.91. The van der Waals surface area contributed by atoms with Crippen LogP contribution in [0.25, 0.3) is 4.96 Å². The van der Waals surface area contributed by atoms with E-state index in [1.807, 2.05) is 0 Å². The molecule has 1 aliphatic carbocycles. The first kappa shape index (κ1) is 14.0. The van der Waals surface area contributed by atoms with E-state index in [1.54, 1.807) is 11.3 Å². The van der Waals surface area contributed by atoms with Gasteiger partial charge in [-0.1, -0.05) is 25.7 Å². The van der Waals surface area contributed by atoms with Crippen LogP contribution in [0.4, 0.5) is 0 Å². The summed E-state index contributed by atoms with van der Waals surface area (Å²) in [6.45, 7) is 3.51. The van der Waals surface area contributed by atoms with Crippen LogP contribution in [0, 0.1) is 6.92 Å². The highest BCUT2D eigenvalue weighted by molar-refractivity contribution is 7.15. The molecule has 0 atom stereocenters. The van der Waals surface area contributed by atoms with Gasteiger partial charge in [0.1, 0.15) is 0 Å². The van der Waals surface area contributed by atoms with Crippen LogP contribution < -0.4 is 5.32 Å². The zero-order valence-electron chi connectivity index (χ0n) is 12.1. The third-order valence-corrected chi connectivity index (χ3v) is 5.10. The largest absolute Gasteiger partial charge is 0.389 e. The van der Waals surface area contributed by atoms with Gasteiger partial charge >= 0.3 is 0 Å². The van der Waals surface area contributed by atoms with Crippen molar-refractivity contribution >= 4 is 16.3 Å². The van der Waals surface area contributed by atoms with E-state index < -0.39 is 5.60 Å². The van der Waals surface area contributed by atoms with Gasteiger partial charge in [0.2, 0.25) is 0 Å². The summed E-state index contributed by atoms with van der Waals surface area (Å²) in [5.74, 6) is 0. The van der Waals surface area contributed by atoms with Crippen molar-refractivity contribution in [2.24, 2.45) is 0 Å². The molecule has 2 aromatic rings. The smallest absolute Gasteiger partial charge is 0.194 e. The molecule has 1 fully saturated rings. The zero-order valence-corrected chi connectivity index (χ0v) is 12.9. The second kappa shape index (κ2) is 5.84. The molecular formula is C15H23N3OS. The normalized spacial score (nSPS) is 19.3. The van der Waals surface area contributed by atoms with Gasteiger partial charge in [-0.15, -0.1) is 11.3 Å². The molecule has 4 nitrogen and oxygen atoms in total. The van der Waals surface area contributed by atoms with Crippen molar-refractivity contribution in [3.8, 4) is 0 Å². The summed E-state index contributed by atoms with van der Waals surface area (Å²) in [4.78, 5) is 5.60. The summed E-state index contributed by atoms with van der Waals surface area (Å²) < 4.78 is 2.14. The first-order chi connectivity index (χ1) is 9.68. The van der Waals surface area contributed by atoms with E-state index >= 15 is 0 Å². The molecule has 1 saturated carbocycles. The Labute approximate surface area is 123 Å². The number of fused-ring (bicyclic) bond motifs is 1. The lowest BCUT2D eigenvalue weighted by Gasteiger charge is -2.27. The first-order valence-electron chi connectivity index (χ1n) is 7.52. The Morgan fingerprint density at radius 1 is 1.35 bits per heavy atom. The second-order valence-electron chi connectivity index (χ2n) is 5.94. The zero-order chi connectivity index (χ0) is 14.0. The number of aliphatic hydroxyl groups is 1. The molecule has 0 aliphatic heterocycles. The Bertz CT molecular complexity index is 567. The molecule has 0 spiro atoms. The van der Waals surface area contributed by atoms with Crippen molar-refractivity contribution in [1.29, 1.82) is 0 Å². The van der Waals surface area contributed by atoms with Gasteiger partial charge in [-0.3, -0.25) is 4.40 Å². The molecule has 2 heterocycles. The summed E-state index contributed by atoms with van der Waals surface area (Å²) in [7, 11) is 0. The molecule has 0 bridgehead atoms. The van der Waals surface area contributed by atoms with Crippen LogP contribution in [0.3, 0.4) is 0 Å². The Kier molecular flexibility index (Phi) is 4.10. The van der Waals surface area contributed by atoms with E-state index in [0.717, 1.165) is 42.9 Å². The lowest BCUT2D eigenvalue weighted by molar-refractivity contribution is 0.0249. The number of aromatic nitrogens is 2. The van der Waals surface area contributed by atoms with Crippen molar-refractivity contribution < 1.29 is 5.11 Å². The van der Waals surface area contributed by atoms with Gasteiger partial charge in [-0.2, -0.15) is 0 Å². The maximum atomic E-state index is 10.6. The van der Waals surface area contributed by atoms with Gasteiger partial charge in [0.05, 0.1) is 17.0 Å². The second-order valence-corrected chi connectivity index (χ2v) is 6.81. The van der Waals surface area contributed by atoms with Crippen molar-refractivity contribution in [2.45, 2.75) is 57.6 Å². The number of rotatable bonds is 4. The SMILES string of the molecule is Cc1nc2sccn2c1CNCC1(O)CCCCCC1. The van der Waals surface area contributed by atoms with E-state index in [1.165, 1.54) is 18.5 Å². The Hall–Kier alpha value is -0.910. The summed E-state index contributed by atoms with van der Waals surface area (Å²) in [5, 5.41) is 16.1. The average molecular weight is 293 g/mol. The molecule has 5 heteroatoms. The van der Waals surface area contributed by atoms with Gasteiger partial charge in [0, 0.05) is 24.7 Å². The van der Waals surface area contributed by atoms with E-state index in [2.05, 4.69) is 33.2 Å². The van der Waals surface area contributed by atoms with E-state index in [4.69, 9.17) is 0 Å². The molecular weight excluding hydrogens is 270 g/mol. The quantitative estimate of drug-likeness (QED) is 0.852. The molecule has 3 rings (SSSR count). The average Bonchev–Trinajstić information content (AvgIpc) is 2.88. The molecule has 0 amide bonds. The van der Waals surface area contributed by atoms with Crippen LogP contribution in [0.15, 0.2) is 11.6 Å². The van der Waals surface area contributed by atoms with Crippen molar-refractivity contribution in [3.63, 3.8) is 0 Å². The maximum absolute atomic E-state index is 10.6. The first-order valence-corrected chi connectivity index (χ1v) is 8.40. The minimum Gasteiger partial charge on any atom is -0.389 e. The van der Waals surface area contributed by atoms with Crippen LogP contribution in [-0.4, -0.2) is 26.6 Å². The molecule has 1 aliphatic rings. The standard InChI is InChI=1S/C15H23N3OS/c1-12-13(18-8-9-20-14(18)17-12)10-16-11-15(19)6-4-2-3-5-7-15/h8-9,16,19H,2-7,10-11H2,1H3. The highest BCUT2D eigenvalue weighted by Gasteiger charge is 2.27. The summed E-state index contributed by atoms with van der Waals surface area (Å²) in [6, 6.07) is 0. The van der Waals surface area contributed by atoms with Crippen molar-refractivity contribution in [3.05, 3.63) is 23.0 Å². The Morgan fingerprint density at radius 2 is 2.10 bits per heavy atom. The van der Waals surface area contributed by atoms with E-state index in [0.29, 0.717) is 6.54 Å². The predicted octanol–water partition coefficient (Wildman–Crippen LogP) is 2.88. The van der Waals surface area contributed by atoms with E-state index in [-0.39, 0.29) is 0 Å². The Morgan fingerprint density at radius 3 is 2.85 bits per heavy atom. The third-order valence-electron chi connectivity index (χ3n) is 4.34. The minimum absolute atomic E-state index is 0.511. The Balaban J connectivity index is 1.61. The molecule has 2 N–H and O–H groups in total. The highest BCUT2D eigenvalue weighted by Crippen LogP contribution is 2.26. The molecule has 0 unspecified atom stereocenters. The van der Waals surface area contributed by atoms with Crippen molar-refractivity contribution in [1.82, 2.24) is 14.7 Å². The fourth-order valence-electron chi connectivity index (χ4n) is 3.13. The van der Waals surface area contributed by atoms with Crippen LogP contribution in [0.2, 0.25) is 0 Å². The van der Waals surface area contributed by atoms with Gasteiger partial charge < -0.3 is 10.4 Å². The highest BCUT2D eigenvalue weighted by atomic mass is 32.1. The number of hydrogen-bond acceptors (Lipinski definition) is 4. The van der Waals surface area contributed by atoms with Gasteiger partial charge in [0.15, 0.2) is 4.96 Å². The molecule has 0 saturated heterocycles. The summed E-state index contributed by atoms with van der Waals surface area (Å²) in [5.41, 5.74) is 1.78. The van der Waals surface area contributed by atoms with Crippen LogP contribution >= 0.6 is 11.3 Å². The number of nitrogens with zero attached hydrogens (tertiary/aromatic N) is 2. The van der Waals surface area contributed by atoms with Gasteiger partial charge in [-0.25, -0.2) is 4.98 Å². The number of nitrogens with one attached hydrogen (secondary N) is 1. The molecule has 20 heavy (non-hydrogen) atoms. The number of thiazole rings is 1. The number of aryl methyl sites for hydroxylation is 1. The van der Waals surface area contributed by atoms with Gasteiger partial charge in [-0.05, 0) is 19.8 Å². The minimum atomic E-state index is -0.511. The fraction of sp³-hybridized carbons (Fsp3) is 0.667. The van der Waals surface area contributed by atoms with Crippen molar-refractivity contribution in [2.75, 3.05) is 6.54 Å². The maximum Gasteiger partial charge on any atom is 0.194 e. The lowest BCUT2D eigenvalue weighted by Crippen LogP contribution is -2.40. The third kappa shape index (κ3) is 2.90. The topological polar surface area (TPSA) is 49.6 Å². The van der Waals surface area contributed by atoms with Crippen LogP contribution in [0.5, 0.6) is 0 Å². The van der Waals surface area contributed by atoms with E-state index in [9.17, 15) is 5.11 Å².